The molecule has 1 aliphatic rings. The summed E-state index contributed by atoms with van der Waals surface area (Å²) in [6.45, 7) is 0. The molecule has 1 N–H and O–H groups in total. The number of imidazole rings is 1. The van der Waals surface area contributed by atoms with E-state index in [1.165, 1.54) is 0 Å². The Morgan fingerprint density at radius 3 is 3.23 bits per heavy atom. The molecule has 5 heteroatoms. The van der Waals surface area contributed by atoms with Crippen LogP contribution in [0, 0.1) is 0 Å². The number of nitrogens with zero attached hydrogens (tertiary/aromatic N) is 2. The molecule has 2 heterocycles. The third-order valence-corrected chi connectivity index (χ3v) is 2.92. The molecule has 1 aromatic rings. The van der Waals surface area contributed by atoms with Gasteiger partial charge in [0.1, 0.15) is 6.04 Å². The number of aryl methyl sites for hydroxylation is 1. The van der Waals surface area contributed by atoms with Crippen molar-refractivity contribution in [3.8, 4) is 0 Å². The predicted octanol–water partition coefficient (Wildman–Crippen LogP) is 1.61. The summed E-state index contributed by atoms with van der Waals surface area (Å²) in [6.07, 6.45) is 4.27. The quantitative estimate of drug-likeness (QED) is 0.817. The number of aliphatic carboxylic acids is 1. The van der Waals surface area contributed by atoms with E-state index < -0.39 is 12.0 Å². The first kappa shape index (κ1) is 8.74. The van der Waals surface area contributed by atoms with E-state index in [4.69, 9.17) is 5.11 Å². The largest absolute Gasteiger partial charge is 0.480 e. The number of hydrogen-bond donors (Lipinski definition) is 1. The lowest BCUT2D eigenvalue weighted by Crippen LogP contribution is -2.24. The van der Waals surface area contributed by atoms with Crippen LogP contribution < -0.4 is 0 Å². The second-order valence-electron chi connectivity index (χ2n) is 3.13. The predicted molar refractivity (Wildman–Crippen MR) is 49.5 cm³/mol. The van der Waals surface area contributed by atoms with Gasteiger partial charge in [-0.25, -0.2) is 9.78 Å². The summed E-state index contributed by atoms with van der Waals surface area (Å²) in [6, 6.07) is -0.444. The molecule has 0 saturated carbocycles. The number of carbonyl (C=O) groups is 1. The molecule has 0 fully saturated rings. The van der Waals surface area contributed by atoms with Crippen LogP contribution in [0.1, 0.15) is 24.6 Å². The molecule has 0 saturated heterocycles. The molecule has 1 aromatic heterocycles. The van der Waals surface area contributed by atoms with Crippen molar-refractivity contribution < 1.29 is 9.90 Å². The van der Waals surface area contributed by atoms with Crippen molar-refractivity contribution in [2.45, 2.75) is 25.3 Å². The minimum absolute atomic E-state index is 0.444. The monoisotopic (exact) mass is 244 g/mol. The van der Waals surface area contributed by atoms with Gasteiger partial charge in [0.15, 0.2) is 4.73 Å². The fourth-order valence-electron chi connectivity index (χ4n) is 1.72. The molecule has 70 valence electrons. The van der Waals surface area contributed by atoms with Gasteiger partial charge in [-0.3, -0.25) is 0 Å². The zero-order valence-corrected chi connectivity index (χ0v) is 8.49. The van der Waals surface area contributed by atoms with Crippen LogP contribution in [0.25, 0.3) is 0 Å². The molecule has 0 aromatic carbocycles. The van der Waals surface area contributed by atoms with E-state index in [1.54, 1.807) is 10.8 Å². The van der Waals surface area contributed by atoms with E-state index in [0.717, 1.165) is 18.5 Å². The van der Waals surface area contributed by atoms with E-state index in [-0.39, 0.29) is 0 Å². The summed E-state index contributed by atoms with van der Waals surface area (Å²) < 4.78 is 2.38. The Hall–Kier alpha value is -0.840. The number of hydrogen-bond acceptors (Lipinski definition) is 2. The van der Waals surface area contributed by atoms with Crippen molar-refractivity contribution in [3.63, 3.8) is 0 Å². The molecule has 1 atom stereocenters. The number of carboxylic acid groups (broad SMARTS) is 1. The van der Waals surface area contributed by atoms with Gasteiger partial charge < -0.3 is 9.67 Å². The maximum Gasteiger partial charge on any atom is 0.326 e. The van der Waals surface area contributed by atoms with Crippen LogP contribution in [0.15, 0.2) is 10.9 Å². The normalized spacial score (nSPS) is 21.2. The van der Waals surface area contributed by atoms with Gasteiger partial charge in [0.05, 0.1) is 0 Å². The Bertz CT molecular complexity index is 348. The van der Waals surface area contributed by atoms with E-state index in [2.05, 4.69) is 20.9 Å². The van der Waals surface area contributed by atoms with Gasteiger partial charge in [-0.15, -0.1) is 0 Å². The van der Waals surface area contributed by atoms with Gasteiger partial charge in [-0.05, 0) is 35.2 Å². The minimum atomic E-state index is -0.778. The zero-order chi connectivity index (χ0) is 9.42. The number of carboxylic acids is 1. The second kappa shape index (κ2) is 3.14. The standard InChI is InChI=1S/C8H9BrN2O2/c9-8-10-4-5-2-1-3-6(7(12)13)11(5)8/h4,6H,1-3H2,(H,12,13). The first-order valence-corrected chi connectivity index (χ1v) is 4.94. The van der Waals surface area contributed by atoms with Crippen molar-refractivity contribution in [2.75, 3.05) is 0 Å². The van der Waals surface area contributed by atoms with Crippen LogP contribution in [0.4, 0.5) is 0 Å². The van der Waals surface area contributed by atoms with Gasteiger partial charge in [-0.2, -0.15) is 0 Å². The summed E-state index contributed by atoms with van der Waals surface area (Å²) in [5.74, 6) is -0.778. The Labute approximate surface area is 83.7 Å². The number of fused-ring (bicyclic) bond motifs is 1. The maximum atomic E-state index is 10.9. The lowest BCUT2D eigenvalue weighted by Gasteiger charge is -2.22. The average molecular weight is 245 g/mol. The molecule has 0 spiro atoms. The second-order valence-corrected chi connectivity index (χ2v) is 3.84. The Morgan fingerprint density at radius 1 is 1.77 bits per heavy atom. The van der Waals surface area contributed by atoms with Crippen LogP contribution in [0.2, 0.25) is 0 Å². The molecule has 1 unspecified atom stereocenters. The molecule has 1 aliphatic heterocycles. The van der Waals surface area contributed by atoms with Crippen molar-refractivity contribution in [1.82, 2.24) is 9.55 Å². The highest BCUT2D eigenvalue weighted by Crippen LogP contribution is 2.28. The van der Waals surface area contributed by atoms with Gasteiger partial charge in [-0.1, -0.05) is 0 Å². The van der Waals surface area contributed by atoms with Gasteiger partial charge in [0.2, 0.25) is 0 Å². The maximum absolute atomic E-state index is 10.9. The van der Waals surface area contributed by atoms with Gasteiger partial charge >= 0.3 is 5.97 Å². The molecule has 4 nitrogen and oxygen atoms in total. The summed E-state index contributed by atoms with van der Waals surface area (Å²) in [4.78, 5) is 14.9. The van der Waals surface area contributed by atoms with E-state index in [0.29, 0.717) is 11.2 Å². The fourth-order valence-corrected chi connectivity index (χ4v) is 2.30. The Balaban J connectivity index is 2.46. The van der Waals surface area contributed by atoms with E-state index in [9.17, 15) is 4.79 Å². The third-order valence-electron chi connectivity index (χ3n) is 2.34. The highest BCUT2D eigenvalue weighted by atomic mass is 79.9. The summed E-state index contributed by atoms with van der Waals surface area (Å²) >= 11 is 3.25. The molecule has 0 radical (unpaired) electrons. The first-order valence-electron chi connectivity index (χ1n) is 4.14. The minimum Gasteiger partial charge on any atom is -0.480 e. The van der Waals surface area contributed by atoms with Crippen molar-refractivity contribution >= 4 is 21.9 Å². The van der Waals surface area contributed by atoms with E-state index in [1.807, 2.05) is 0 Å². The zero-order valence-electron chi connectivity index (χ0n) is 6.90. The topological polar surface area (TPSA) is 55.1 Å². The van der Waals surface area contributed by atoms with Gasteiger partial charge in [0, 0.05) is 11.9 Å². The molecular formula is C8H9BrN2O2. The molecule has 0 aliphatic carbocycles. The Morgan fingerprint density at radius 2 is 2.54 bits per heavy atom. The highest BCUT2D eigenvalue weighted by Gasteiger charge is 2.27. The molecule has 0 amide bonds. The number of rotatable bonds is 1. The fraction of sp³-hybridized carbons (Fsp3) is 0.500. The highest BCUT2D eigenvalue weighted by molar-refractivity contribution is 9.10. The van der Waals surface area contributed by atoms with Crippen LogP contribution in [0.5, 0.6) is 0 Å². The summed E-state index contributed by atoms with van der Waals surface area (Å²) in [5, 5.41) is 8.96. The Kier molecular flexibility index (Phi) is 2.11. The number of halogens is 1. The number of aromatic nitrogens is 2. The third kappa shape index (κ3) is 1.37. The van der Waals surface area contributed by atoms with Crippen LogP contribution in [-0.2, 0) is 11.2 Å². The SMILES string of the molecule is O=C(O)C1CCCc2cnc(Br)n21. The van der Waals surface area contributed by atoms with E-state index >= 15 is 0 Å². The molecule has 13 heavy (non-hydrogen) atoms. The molecule has 2 rings (SSSR count). The average Bonchev–Trinajstić information content (AvgIpc) is 2.48. The lowest BCUT2D eigenvalue weighted by atomic mass is 10.0. The molecule has 0 bridgehead atoms. The smallest absolute Gasteiger partial charge is 0.326 e. The van der Waals surface area contributed by atoms with Crippen molar-refractivity contribution in [3.05, 3.63) is 16.6 Å². The van der Waals surface area contributed by atoms with Crippen LogP contribution in [-0.4, -0.2) is 20.6 Å². The van der Waals surface area contributed by atoms with Crippen molar-refractivity contribution in [2.24, 2.45) is 0 Å². The van der Waals surface area contributed by atoms with Crippen LogP contribution >= 0.6 is 15.9 Å². The summed E-state index contributed by atoms with van der Waals surface area (Å²) in [5.41, 5.74) is 1.01. The first-order chi connectivity index (χ1) is 6.20. The van der Waals surface area contributed by atoms with Crippen molar-refractivity contribution in [1.29, 1.82) is 0 Å². The van der Waals surface area contributed by atoms with Gasteiger partial charge in [0.25, 0.3) is 0 Å². The van der Waals surface area contributed by atoms with Crippen LogP contribution in [0.3, 0.4) is 0 Å². The lowest BCUT2D eigenvalue weighted by molar-refractivity contribution is -0.141. The molecular weight excluding hydrogens is 236 g/mol. The summed E-state index contributed by atoms with van der Waals surface area (Å²) in [7, 11) is 0.